The molecule has 1 heterocycles. The zero-order chi connectivity index (χ0) is 16.8. The van der Waals surface area contributed by atoms with Gasteiger partial charge < -0.3 is 15.5 Å². The van der Waals surface area contributed by atoms with Crippen molar-refractivity contribution in [1.82, 2.24) is 15.2 Å². The number of nitrogens with one attached hydrogen (secondary N) is 2. The number of hydrogen-bond acceptors (Lipinski definition) is 4. The van der Waals surface area contributed by atoms with Gasteiger partial charge in [-0.15, -0.1) is 0 Å². The molecule has 5 nitrogen and oxygen atoms in total. The quantitative estimate of drug-likeness (QED) is 0.812. The molecule has 0 bridgehead atoms. The van der Waals surface area contributed by atoms with Crippen LogP contribution in [-0.4, -0.2) is 43.0 Å². The van der Waals surface area contributed by atoms with Crippen molar-refractivity contribution in [2.24, 2.45) is 0 Å². The molecule has 0 fully saturated rings. The molecule has 6 heteroatoms. The summed E-state index contributed by atoms with van der Waals surface area (Å²) in [6.45, 7) is 3.42. The number of carbonyl (C=O) groups is 1. The molecular weight excluding hydrogens is 356 g/mol. The van der Waals surface area contributed by atoms with Crippen molar-refractivity contribution in [3.8, 4) is 0 Å². The van der Waals surface area contributed by atoms with E-state index in [1.54, 1.807) is 12.3 Å². The number of aromatic nitrogens is 1. The lowest BCUT2D eigenvalue weighted by Crippen LogP contribution is -2.31. The van der Waals surface area contributed by atoms with Crippen LogP contribution < -0.4 is 10.6 Å². The van der Waals surface area contributed by atoms with Crippen LogP contribution in [0, 0.1) is 6.92 Å². The Kier molecular flexibility index (Phi) is 6.12. The zero-order valence-corrected chi connectivity index (χ0v) is 15.1. The van der Waals surface area contributed by atoms with Crippen LogP contribution in [0.2, 0.25) is 0 Å². The molecule has 1 amide bonds. The number of anilines is 2. The molecule has 2 rings (SSSR count). The second-order valence-corrected chi connectivity index (χ2v) is 6.49. The SMILES string of the molecule is Cc1cc(Br)ccc1Nc1ccnc(C(=O)NCCN(C)C)c1. The van der Waals surface area contributed by atoms with E-state index >= 15 is 0 Å². The number of pyridine rings is 1. The van der Waals surface area contributed by atoms with Gasteiger partial charge in [-0.25, -0.2) is 0 Å². The van der Waals surface area contributed by atoms with E-state index in [0.29, 0.717) is 12.2 Å². The van der Waals surface area contributed by atoms with Crippen LogP contribution in [0.1, 0.15) is 16.1 Å². The van der Waals surface area contributed by atoms with Crippen LogP contribution in [0.5, 0.6) is 0 Å². The van der Waals surface area contributed by atoms with Crippen LogP contribution >= 0.6 is 15.9 Å². The lowest BCUT2D eigenvalue weighted by molar-refractivity contribution is 0.0946. The molecule has 2 N–H and O–H groups in total. The van der Waals surface area contributed by atoms with Crippen molar-refractivity contribution >= 4 is 33.2 Å². The fourth-order valence-electron chi connectivity index (χ4n) is 2.04. The number of hydrogen-bond donors (Lipinski definition) is 2. The third kappa shape index (κ3) is 5.33. The molecule has 0 unspecified atom stereocenters. The number of nitrogens with zero attached hydrogens (tertiary/aromatic N) is 2. The molecule has 0 saturated carbocycles. The van der Waals surface area contributed by atoms with Gasteiger partial charge in [-0.1, -0.05) is 15.9 Å². The highest BCUT2D eigenvalue weighted by Crippen LogP contribution is 2.23. The summed E-state index contributed by atoms with van der Waals surface area (Å²) in [7, 11) is 3.94. The Morgan fingerprint density at radius 1 is 1.26 bits per heavy atom. The van der Waals surface area contributed by atoms with Crippen molar-refractivity contribution in [2.75, 3.05) is 32.5 Å². The highest BCUT2D eigenvalue weighted by molar-refractivity contribution is 9.10. The summed E-state index contributed by atoms with van der Waals surface area (Å²) in [5, 5.41) is 6.18. The number of carbonyl (C=O) groups excluding carboxylic acids is 1. The Balaban J connectivity index is 2.06. The molecule has 2 aromatic rings. The first-order chi connectivity index (χ1) is 11.0. The van der Waals surface area contributed by atoms with Gasteiger partial charge in [0.25, 0.3) is 5.91 Å². The summed E-state index contributed by atoms with van der Waals surface area (Å²) in [5.41, 5.74) is 3.36. The van der Waals surface area contributed by atoms with Gasteiger partial charge in [-0.05, 0) is 56.9 Å². The Labute approximate surface area is 145 Å². The molecule has 0 saturated heterocycles. The molecule has 0 spiro atoms. The average Bonchev–Trinajstić information content (AvgIpc) is 2.50. The van der Waals surface area contributed by atoms with Gasteiger partial charge >= 0.3 is 0 Å². The van der Waals surface area contributed by atoms with Crippen LogP contribution in [0.15, 0.2) is 41.0 Å². The standard InChI is InChI=1S/C17H21BrN4O/c1-12-10-13(18)4-5-15(12)21-14-6-7-19-16(11-14)17(23)20-8-9-22(2)3/h4-7,10-11H,8-9H2,1-3H3,(H,19,21)(H,20,23). The second kappa shape index (κ2) is 8.08. The van der Waals surface area contributed by atoms with E-state index in [1.165, 1.54) is 0 Å². The average molecular weight is 377 g/mol. The van der Waals surface area contributed by atoms with Crippen LogP contribution in [0.3, 0.4) is 0 Å². The van der Waals surface area contributed by atoms with E-state index in [2.05, 4.69) is 31.5 Å². The summed E-state index contributed by atoms with van der Waals surface area (Å²) in [5.74, 6) is -0.164. The monoisotopic (exact) mass is 376 g/mol. The first-order valence-electron chi connectivity index (χ1n) is 7.38. The maximum Gasteiger partial charge on any atom is 0.269 e. The van der Waals surface area contributed by atoms with Crippen LogP contribution in [0.4, 0.5) is 11.4 Å². The molecular formula is C17H21BrN4O. The van der Waals surface area contributed by atoms with E-state index in [4.69, 9.17) is 0 Å². The lowest BCUT2D eigenvalue weighted by Gasteiger charge is -2.12. The summed E-state index contributed by atoms with van der Waals surface area (Å²) in [4.78, 5) is 18.3. The Bertz CT molecular complexity index is 688. The van der Waals surface area contributed by atoms with E-state index in [0.717, 1.165) is 28.0 Å². The summed E-state index contributed by atoms with van der Waals surface area (Å²) < 4.78 is 1.04. The molecule has 0 atom stereocenters. The molecule has 1 aromatic heterocycles. The van der Waals surface area contributed by atoms with Crippen molar-refractivity contribution in [2.45, 2.75) is 6.92 Å². The minimum atomic E-state index is -0.164. The third-order valence-corrected chi connectivity index (χ3v) is 3.80. The predicted molar refractivity (Wildman–Crippen MR) is 97.3 cm³/mol. The molecule has 0 radical (unpaired) electrons. The molecule has 1 aromatic carbocycles. The van der Waals surface area contributed by atoms with Gasteiger partial charge in [-0.3, -0.25) is 9.78 Å². The Morgan fingerprint density at radius 3 is 2.74 bits per heavy atom. The van der Waals surface area contributed by atoms with E-state index in [9.17, 15) is 4.79 Å². The van der Waals surface area contributed by atoms with Crippen molar-refractivity contribution in [3.63, 3.8) is 0 Å². The van der Waals surface area contributed by atoms with Gasteiger partial charge in [0.2, 0.25) is 0 Å². The van der Waals surface area contributed by atoms with E-state index in [1.807, 2.05) is 50.2 Å². The Morgan fingerprint density at radius 2 is 2.04 bits per heavy atom. The zero-order valence-electron chi connectivity index (χ0n) is 13.6. The minimum Gasteiger partial charge on any atom is -0.355 e. The van der Waals surface area contributed by atoms with E-state index < -0.39 is 0 Å². The molecule has 0 aliphatic carbocycles. The second-order valence-electron chi connectivity index (χ2n) is 5.57. The predicted octanol–water partition coefficient (Wildman–Crippen LogP) is 3.19. The number of likely N-dealkylation sites (N-methyl/N-ethyl adjacent to an activating group) is 1. The fraction of sp³-hybridized carbons (Fsp3) is 0.294. The van der Waals surface area contributed by atoms with Gasteiger partial charge in [0.1, 0.15) is 5.69 Å². The number of amides is 1. The van der Waals surface area contributed by atoms with Crippen molar-refractivity contribution < 1.29 is 4.79 Å². The molecule has 0 aliphatic heterocycles. The number of benzene rings is 1. The highest BCUT2D eigenvalue weighted by atomic mass is 79.9. The number of rotatable bonds is 6. The lowest BCUT2D eigenvalue weighted by atomic mass is 10.2. The normalized spacial score (nSPS) is 10.7. The largest absolute Gasteiger partial charge is 0.355 e. The van der Waals surface area contributed by atoms with Gasteiger partial charge in [0.05, 0.1) is 0 Å². The van der Waals surface area contributed by atoms with Gasteiger partial charge in [0.15, 0.2) is 0 Å². The smallest absolute Gasteiger partial charge is 0.269 e. The third-order valence-electron chi connectivity index (χ3n) is 3.30. The minimum absolute atomic E-state index is 0.164. The van der Waals surface area contributed by atoms with Gasteiger partial charge in [-0.2, -0.15) is 0 Å². The molecule has 122 valence electrons. The van der Waals surface area contributed by atoms with Crippen molar-refractivity contribution in [1.29, 1.82) is 0 Å². The maximum absolute atomic E-state index is 12.1. The first kappa shape index (κ1) is 17.4. The van der Waals surface area contributed by atoms with Gasteiger partial charge in [0, 0.05) is 35.1 Å². The summed E-state index contributed by atoms with van der Waals surface area (Å²) in [6, 6.07) is 9.62. The van der Waals surface area contributed by atoms with Crippen molar-refractivity contribution in [3.05, 3.63) is 52.3 Å². The molecule has 0 aliphatic rings. The number of aryl methyl sites for hydroxylation is 1. The maximum atomic E-state index is 12.1. The van der Waals surface area contributed by atoms with Crippen LogP contribution in [0.25, 0.3) is 0 Å². The first-order valence-corrected chi connectivity index (χ1v) is 8.17. The fourth-order valence-corrected chi connectivity index (χ4v) is 2.51. The number of halogens is 1. The summed E-state index contributed by atoms with van der Waals surface area (Å²) in [6.07, 6.45) is 1.64. The topological polar surface area (TPSA) is 57.3 Å². The Hall–Kier alpha value is -1.92. The molecule has 23 heavy (non-hydrogen) atoms. The summed E-state index contributed by atoms with van der Waals surface area (Å²) >= 11 is 3.45. The van der Waals surface area contributed by atoms with Crippen LogP contribution in [-0.2, 0) is 0 Å². The highest BCUT2D eigenvalue weighted by Gasteiger charge is 2.08. The van der Waals surface area contributed by atoms with E-state index in [-0.39, 0.29) is 5.91 Å².